The summed E-state index contributed by atoms with van der Waals surface area (Å²) in [4.78, 5) is 32.8. The molecule has 1 aliphatic rings. The van der Waals surface area contributed by atoms with Crippen LogP contribution in [0.4, 0.5) is 0 Å². The van der Waals surface area contributed by atoms with Crippen molar-refractivity contribution >= 4 is 11.8 Å². The summed E-state index contributed by atoms with van der Waals surface area (Å²) < 4.78 is 4.37. The molecule has 2 amide bonds. The zero-order chi connectivity index (χ0) is 49.5. The summed E-state index contributed by atoms with van der Waals surface area (Å²) >= 11 is 0. The van der Waals surface area contributed by atoms with Gasteiger partial charge in [-0.15, -0.1) is 0 Å². The van der Waals surface area contributed by atoms with Crippen molar-refractivity contribution in [1.29, 1.82) is 0 Å². The molecule has 388 valence electrons. The predicted octanol–water partition coefficient (Wildman–Crippen LogP) is 15.3. The smallest absolute Gasteiger partial charge is 0.250 e. The molecule has 0 fully saturated rings. The third-order valence-electron chi connectivity index (χ3n) is 14.6. The van der Waals surface area contributed by atoms with Crippen LogP contribution in [-0.2, 0) is 22.7 Å². The molecule has 0 atom stereocenters. The summed E-state index contributed by atoms with van der Waals surface area (Å²) in [7, 11) is 0. The number of carbonyl (C=O) groups excluding carboxylic acids is 2. The minimum absolute atomic E-state index is 0.0580. The van der Waals surface area contributed by atoms with Crippen molar-refractivity contribution < 1.29 is 18.7 Å². The fourth-order valence-electron chi connectivity index (χ4n) is 10.4. The number of benzene rings is 1. The summed E-state index contributed by atoms with van der Waals surface area (Å²) in [5, 5.41) is 6.88. The number of pyridine rings is 2. The van der Waals surface area contributed by atoms with Crippen LogP contribution in [0.3, 0.4) is 0 Å². The molecule has 7 heteroatoms. The van der Waals surface area contributed by atoms with Gasteiger partial charge in [-0.25, -0.2) is 0 Å². The highest BCUT2D eigenvalue weighted by Crippen LogP contribution is 2.43. The second-order valence-corrected chi connectivity index (χ2v) is 20.6. The molecule has 1 aliphatic heterocycles. The summed E-state index contributed by atoms with van der Waals surface area (Å²) in [6, 6.07) is 22.7. The fraction of sp³-hybridized carbons (Fsp3) is 0.651. The molecule has 70 heavy (non-hydrogen) atoms. The van der Waals surface area contributed by atoms with Crippen molar-refractivity contribution in [2.75, 3.05) is 19.6 Å². The van der Waals surface area contributed by atoms with E-state index in [0.717, 1.165) is 74.9 Å². The highest BCUT2D eigenvalue weighted by atomic mass is 16.2. The first kappa shape index (κ1) is 58.3. The molecule has 3 aromatic rings. The number of hydrogen-bond acceptors (Lipinski definition) is 3. The number of nitrogens with zero attached hydrogens (tertiary/aromatic N) is 3. The van der Waals surface area contributed by atoms with Gasteiger partial charge in [-0.3, -0.25) is 9.59 Å². The van der Waals surface area contributed by atoms with Gasteiger partial charge in [-0.2, -0.15) is 9.13 Å². The fourth-order valence-corrected chi connectivity index (χ4v) is 10.4. The molecular weight excluding hydrogens is 859 g/mol. The van der Waals surface area contributed by atoms with E-state index in [1.54, 1.807) is 0 Å². The normalized spacial score (nSPS) is 13.1. The van der Waals surface area contributed by atoms with Crippen molar-refractivity contribution in [3.63, 3.8) is 0 Å². The van der Waals surface area contributed by atoms with E-state index in [4.69, 9.17) is 0 Å². The van der Waals surface area contributed by atoms with Crippen LogP contribution in [-0.4, -0.2) is 36.3 Å². The number of nitrogens with one attached hydrogen (secondary N) is 2. The highest BCUT2D eigenvalue weighted by molar-refractivity contribution is 6.03. The van der Waals surface area contributed by atoms with E-state index in [1.165, 1.54) is 154 Å². The molecule has 0 saturated heterocycles. The molecule has 0 bridgehead atoms. The van der Waals surface area contributed by atoms with Gasteiger partial charge in [0, 0.05) is 49.8 Å². The standard InChI is InChI=1S/C63H99N5O2/c1-4-7-10-13-15-17-19-21-23-25-27-29-31-38-47-64-62(69)60-57(54-66-49-40-34-41-50-66)68(53-44-12-9-6-3)58(55-67-51-42-35-43-52-67)61(59(60)56-45-36-33-37-46-56)63(70)65-48-39-32-30-28-26-24-22-20-18-16-14-11-8-5-2/h33-37,40-43,45-46,49-52,59H,4-32,38-39,44,47-48,53-55H2,1-3H3/p+2. The lowest BCUT2D eigenvalue weighted by molar-refractivity contribution is -0.694. The highest BCUT2D eigenvalue weighted by Gasteiger charge is 2.43. The molecule has 0 radical (unpaired) electrons. The van der Waals surface area contributed by atoms with Gasteiger partial charge in [0.25, 0.3) is 0 Å². The van der Waals surface area contributed by atoms with Gasteiger partial charge in [-0.1, -0.05) is 249 Å². The SMILES string of the molecule is CCCCCCCCCCCCCCCCNC(=O)C1=C(C[n+]2ccccc2)N(CCCCCC)C(C[n+]2ccccc2)=C(C(=O)NCCCCCCCCCCCCCCCC)C1c1ccccc1. The molecule has 1 aromatic carbocycles. The second-order valence-electron chi connectivity index (χ2n) is 20.6. The molecular formula is C63H101N5O2+2. The Kier molecular flexibility index (Phi) is 32.0. The summed E-state index contributed by atoms with van der Waals surface area (Å²) in [6.45, 7) is 9.86. The quantitative estimate of drug-likeness (QED) is 0.0439. The lowest BCUT2D eigenvalue weighted by Crippen LogP contribution is -2.49. The van der Waals surface area contributed by atoms with Crippen molar-refractivity contribution in [1.82, 2.24) is 15.5 Å². The van der Waals surface area contributed by atoms with E-state index in [1.807, 2.05) is 18.2 Å². The van der Waals surface area contributed by atoms with Gasteiger partial charge in [-0.05, 0) is 24.8 Å². The minimum atomic E-state index is -0.528. The van der Waals surface area contributed by atoms with Crippen molar-refractivity contribution in [3.8, 4) is 0 Å². The molecule has 3 heterocycles. The van der Waals surface area contributed by atoms with Crippen LogP contribution in [0, 0.1) is 0 Å². The molecule has 2 aromatic heterocycles. The molecule has 2 N–H and O–H groups in total. The first-order valence-corrected chi connectivity index (χ1v) is 29.3. The average Bonchev–Trinajstić information content (AvgIpc) is 3.38. The van der Waals surface area contributed by atoms with Gasteiger partial charge >= 0.3 is 0 Å². The zero-order valence-electron chi connectivity index (χ0n) is 45.1. The van der Waals surface area contributed by atoms with Gasteiger partial charge < -0.3 is 15.5 Å². The maximum atomic E-state index is 15.2. The Morgan fingerprint density at radius 1 is 0.400 bits per heavy atom. The van der Waals surface area contributed by atoms with Gasteiger partial charge in [0.05, 0.1) is 22.5 Å². The largest absolute Gasteiger partial charge is 0.352 e. The van der Waals surface area contributed by atoms with E-state index in [0.29, 0.717) is 37.3 Å². The van der Waals surface area contributed by atoms with Crippen molar-refractivity contribution in [3.05, 3.63) is 120 Å². The van der Waals surface area contributed by atoms with Crippen LogP contribution in [0.15, 0.2) is 114 Å². The Bertz CT molecular complexity index is 1730. The Balaban J connectivity index is 1.53. The van der Waals surface area contributed by atoms with Crippen LogP contribution in [0.1, 0.15) is 238 Å². The number of hydrogen-bond donors (Lipinski definition) is 2. The Morgan fingerprint density at radius 2 is 0.700 bits per heavy atom. The monoisotopic (exact) mass is 960 g/mol. The number of aromatic nitrogens is 2. The maximum Gasteiger partial charge on any atom is 0.250 e. The van der Waals surface area contributed by atoms with Crippen molar-refractivity contribution in [2.24, 2.45) is 0 Å². The zero-order valence-corrected chi connectivity index (χ0v) is 45.1. The lowest BCUT2D eigenvalue weighted by Gasteiger charge is -2.39. The Labute approximate surface area is 428 Å². The van der Waals surface area contributed by atoms with E-state index in [9.17, 15) is 0 Å². The maximum absolute atomic E-state index is 15.2. The second kappa shape index (κ2) is 38.4. The van der Waals surface area contributed by atoms with E-state index in [2.05, 4.69) is 119 Å². The third kappa shape index (κ3) is 23.3. The summed E-state index contributed by atoms with van der Waals surface area (Å²) in [5.74, 6) is -0.644. The van der Waals surface area contributed by atoms with E-state index < -0.39 is 5.92 Å². The summed E-state index contributed by atoms with van der Waals surface area (Å²) in [5.41, 5.74) is 4.34. The number of allylic oxidation sites excluding steroid dienone is 2. The lowest BCUT2D eigenvalue weighted by atomic mass is 9.78. The molecule has 0 spiro atoms. The van der Waals surface area contributed by atoms with Crippen LogP contribution in [0.5, 0.6) is 0 Å². The van der Waals surface area contributed by atoms with Crippen LogP contribution in [0.25, 0.3) is 0 Å². The average molecular weight is 961 g/mol. The minimum Gasteiger partial charge on any atom is -0.352 e. The van der Waals surface area contributed by atoms with Gasteiger partial charge in [0.1, 0.15) is 0 Å². The topological polar surface area (TPSA) is 69.2 Å². The number of unbranched alkanes of at least 4 members (excludes halogenated alkanes) is 29. The number of rotatable bonds is 42. The van der Waals surface area contributed by atoms with Crippen LogP contribution in [0.2, 0.25) is 0 Å². The molecule has 0 unspecified atom stereocenters. The van der Waals surface area contributed by atoms with E-state index >= 15 is 9.59 Å². The van der Waals surface area contributed by atoms with Crippen molar-refractivity contribution in [2.45, 2.75) is 245 Å². The first-order chi connectivity index (χ1) is 34.6. The summed E-state index contributed by atoms with van der Waals surface area (Å²) in [6.07, 6.45) is 49.2. The predicted molar refractivity (Wildman–Crippen MR) is 294 cm³/mol. The molecule has 0 saturated carbocycles. The molecule has 0 aliphatic carbocycles. The Hall–Kier alpha value is -4.26. The van der Waals surface area contributed by atoms with E-state index in [-0.39, 0.29) is 11.8 Å². The Morgan fingerprint density at radius 3 is 1.04 bits per heavy atom. The first-order valence-electron chi connectivity index (χ1n) is 29.3. The number of amides is 2. The van der Waals surface area contributed by atoms with Gasteiger partial charge in [0.15, 0.2) is 37.9 Å². The van der Waals surface area contributed by atoms with Gasteiger partial charge in [0.2, 0.25) is 11.8 Å². The van der Waals surface area contributed by atoms with Crippen LogP contribution >= 0.6 is 0 Å². The third-order valence-corrected chi connectivity index (χ3v) is 14.6. The molecule has 7 nitrogen and oxygen atoms in total. The number of carbonyl (C=O) groups is 2. The molecule has 4 rings (SSSR count). The van der Waals surface area contributed by atoms with Crippen LogP contribution < -0.4 is 19.8 Å².